The van der Waals surface area contributed by atoms with Crippen molar-refractivity contribution in [3.63, 3.8) is 0 Å². The Morgan fingerprint density at radius 3 is 2.63 bits per heavy atom. The number of rotatable bonds is 6. The predicted octanol–water partition coefficient (Wildman–Crippen LogP) is 3.96. The summed E-state index contributed by atoms with van der Waals surface area (Å²) in [5.41, 5.74) is 2.37. The van der Waals surface area contributed by atoms with Crippen molar-refractivity contribution in [1.82, 2.24) is 19.8 Å². The first-order chi connectivity index (χ1) is 20.6. The fourth-order valence-electron chi connectivity index (χ4n) is 7.40. The lowest BCUT2D eigenvalue weighted by Crippen LogP contribution is -2.55. The molecule has 12 heteroatoms. The van der Waals surface area contributed by atoms with Crippen LogP contribution in [0.1, 0.15) is 48.1 Å². The van der Waals surface area contributed by atoms with E-state index in [9.17, 15) is 27.6 Å². The number of likely N-dealkylation sites (N-methyl/N-ethyl adjacent to an activating group) is 1. The summed E-state index contributed by atoms with van der Waals surface area (Å²) >= 11 is 0. The maximum atomic E-state index is 14.7. The summed E-state index contributed by atoms with van der Waals surface area (Å²) in [6.45, 7) is 4.40. The zero-order valence-electron chi connectivity index (χ0n) is 24.1. The number of halogens is 4. The maximum absolute atomic E-state index is 14.7. The Kier molecular flexibility index (Phi) is 7.79. The van der Waals surface area contributed by atoms with Crippen LogP contribution in [0.4, 0.5) is 23.4 Å². The van der Waals surface area contributed by atoms with E-state index in [1.54, 1.807) is 0 Å². The van der Waals surface area contributed by atoms with Gasteiger partial charge in [0.05, 0.1) is 24.2 Å². The summed E-state index contributed by atoms with van der Waals surface area (Å²) in [6.07, 6.45) is 2.25. The van der Waals surface area contributed by atoms with E-state index in [-0.39, 0.29) is 38.2 Å². The topological polar surface area (TPSA) is 85.6 Å². The number of fused-ring (bicyclic) bond motifs is 3. The van der Waals surface area contributed by atoms with Gasteiger partial charge in [-0.05, 0) is 62.8 Å². The number of ether oxygens (including phenoxy) is 1. The Hall–Kier alpha value is -3.72. The van der Waals surface area contributed by atoms with Gasteiger partial charge in [-0.1, -0.05) is 6.58 Å². The van der Waals surface area contributed by atoms with Crippen LogP contribution in [0.2, 0.25) is 0 Å². The number of benzene rings is 1. The minimum atomic E-state index is -1.08. The number of likely N-dealkylation sites (tertiary alicyclic amines) is 1. The number of amides is 1. The number of carbonyl (C=O) groups is 1. The lowest BCUT2D eigenvalue weighted by molar-refractivity contribution is -0.131. The first-order valence-electron chi connectivity index (χ1n) is 14.7. The lowest BCUT2D eigenvalue weighted by Gasteiger charge is -2.42. The number of nitriles is 1. The summed E-state index contributed by atoms with van der Waals surface area (Å²) in [5, 5.41) is 9.45. The highest BCUT2D eigenvalue weighted by Crippen LogP contribution is 2.49. The van der Waals surface area contributed by atoms with Crippen molar-refractivity contribution >= 4 is 11.7 Å². The Labute approximate surface area is 247 Å². The predicted molar refractivity (Wildman–Crippen MR) is 150 cm³/mol. The Morgan fingerprint density at radius 2 is 1.93 bits per heavy atom. The molecule has 4 aliphatic rings. The van der Waals surface area contributed by atoms with Crippen molar-refractivity contribution in [2.24, 2.45) is 0 Å². The SMILES string of the molecule is C=C(F)C(=O)N1CCN(c2nc(OCC3CC(F)CN3C)nc3c2CCC2(CCc4c(F)cc(F)cc42)C3)CC1CC#N. The molecule has 2 aromatic rings. The molecule has 228 valence electrons. The van der Waals surface area contributed by atoms with Gasteiger partial charge in [-0.25, -0.2) is 17.6 Å². The third kappa shape index (κ3) is 5.44. The monoisotopic (exact) mass is 598 g/mol. The van der Waals surface area contributed by atoms with Crippen molar-refractivity contribution in [3.8, 4) is 12.1 Å². The van der Waals surface area contributed by atoms with Crippen LogP contribution in [0, 0.1) is 23.0 Å². The average molecular weight is 599 g/mol. The van der Waals surface area contributed by atoms with Crippen molar-refractivity contribution in [2.75, 3.05) is 44.7 Å². The molecule has 2 aliphatic heterocycles. The molecular weight excluding hydrogens is 564 g/mol. The van der Waals surface area contributed by atoms with E-state index in [1.807, 2.05) is 16.8 Å². The Morgan fingerprint density at radius 1 is 1.16 bits per heavy atom. The van der Waals surface area contributed by atoms with Gasteiger partial charge >= 0.3 is 6.01 Å². The van der Waals surface area contributed by atoms with Gasteiger partial charge in [0.25, 0.3) is 5.91 Å². The summed E-state index contributed by atoms with van der Waals surface area (Å²) in [4.78, 5) is 27.2. The molecule has 0 radical (unpaired) electrons. The normalized spacial score (nSPS) is 26.7. The molecule has 6 rings (SSSR count). The van der Waals surface area contributed by atoms with Crippen molar-refractivity contribution < 1.29 is 27.1 Å². The molecule has 1 aromatic heterocycles. The second-order valence-electron chi connectivity index (χ2n) is 12.2. The van der Waals surface area contributed by atoms with Gasteiger partial charge in [-0.15, -0.1) is 0 Å². The van der Waals surface area contributed by atoms with E-state index in [0.29, 0.717) is 68.6 Å². The zero-order valence-corrected chi connectivity index (χ0v) is 24.1. The van der Waals surface area contributed by atoms with E-state index in [2.05, 4.69) is 12.6 Å². The number of carbonyl (C=O) groups excluding carboxylic acids is 1. The van der Waals surface area contributed by atoms with Crippen LogP contribution in [0.3, 0.4) is 0 Å². The van der Waals surface area contributed by atoms with Gasteiger partial charge in [-0.3, -0.25) is 9.69 Å². The second kappa shape index (κ2) is 11.4. The van der Waals surface area contributed by atoms with E-state index >= 15 is 0 Å². The van der Waals surface area contributed by atoms with Gasteiger partial charge in [0.15, 0.2) is 5.83 Å². The molecule has 43 heavy (non-hydrogen) atoms. The number of hydrogen-bond acceptors (Lipinski definition) is 7. The Bertz CT molecular complexity index is 1500. The fraction of sp³-hybridized carbons (Fsp3) is 0.548. The third-order valence-electron chi connectivity index (χ3n) is 9.64. The molecule has 3 heterocycles. The smallest absolute Gasteiger partial charge is 0.318 e. The molecule has 2 fully saturated rings. The van der Waals surface area contributed by atoms with Crippen LogP contribution < -0.4 is 9.64 Å². The van der Waals surface area contributed by atoms with Crippen molar-refractivity contribution in [3.05, 3.63) is 58.6 Å². The first-order valence-corrected chi connectivity index (χ1v) is 14.7. The molecule has 1 aromatic carbocycles. The minimum absolute atomic E-state index is 0.00157. The molecule has 2 saturated heterocycles. The standard InChI is InChI=1S/C31H34F4N6O2/c1-18(32)29(42)41-10-9-40(16-21(41)5-8-36)28-24-4-7-31(6-3-23-25(31)12-19(33)13-26(23)35)14-27(24)37-30(38-28)43-17-22-11-20(34)15-39(22)2/h12-13,20-22H,1,3-7,9-11,14-17H2,2H3. The number of anilines is 1. The largest absolute Gasteiger partial charge is 0.462 e. The average Bonchev–Trinajstić information content (AvgIpc) is 3.48. The van der Waals surface area contributed by atoms with Crippen LogP contribution >= 0.6 is 0 Å². The van der Waals surface area contributed by atoms with Gasteiger partial charge in [0, 0.05) is 49.3 Å². The van der Waals surface area contributed by atoms with Gasteiger partial charge in [0.1, 0.15) is 30.2 Å². The van der Waals surface area contributed by atoms with E-state index < -0.39 is 41.0 Å². The number of nitrogens with zero attached hydrogens (tertiary/aromatic N) is 6. The lowest BCUT2D eigenvalue weighted by atomic mass is 9.69. The van der Waals surface area contributed by atoms with Crippen LogP contribution in [0.25, 0.3) is 0 Å². The molecule has 0 bridgehead atoms. The van der Waals surface area contributed by atoms with E-state index in [4.69, 9.17) is 14.7 Å². The van der Waals surface area contributed by atoms with E-state index in [1.165, 1.54) is 11.0 Å². The number of piperazine rings is 1. The van der Waals surface area contributed by atoms with E-state index in [0.717, 1.165) is 17.3 Å². The first kappa shape index (κ1) is 29.4. The molecule has 0 N–H and O–H groups in total. The highest BCUT2D eigenvalue weighted by Gasteiger charge is 2.45. The van der Waals surface area contributed by atoms with Crippen LogP contribution in [-0.4, -0.2) is 83.8 Å². The molecule has 4 atom stereocenters. The molecule has 4 unspecified atom stereocenters. The molecule has 2 aliphatic carbocycles. The number of aromatic nitrogens is 2. The summed E-state index contributed by atoms with van der Waals surface area (Å²) < 4.78 is 62.9. The van der Waals surface area contributed by atoms with Gasteiger partial charge < -0.3 is 14.5 Å². The third-order valence-corrected chi connectivity index (χ3v) is 9.64. The molecule has 0 saturated carbocycles. The molecule has 8 nitrogen and oxygen atoms in total. The quantitative estimate of drug-likeness (QED) is 0.368. The number of hydrogen-bond donors (Lipinski definition) is 0. The van der Waals surface area contributed by atoms with Crippen LogP contribution in [0.5, 0.6) is 6.01 Å². The van der Waals surface area contributed by atoms with Crippen molar-refractivity contribution in [2.45, 2.75) is 68.6 Å². The minimum Gasteiger partial charge on any atom is -0.462 e. The van der Waals surface area contributed by atoms with Crippen molar-refractivity contribution in [1.29, 1.82) is 5.26 Å². The zero-order chi connectivity index (χ0) is 30.5. The van der Waals surface area contributed by atoms with Crippen LogP contribution in [-0.2, 0) is 29.5 Å². The molecular formula is C31H34F4N6O2. The summed E-state index contributed by atoms with van der Waals surface area (Å²) in [7, 11) is 1.84. The van der Waals surface area contributed by atoms with Gasteiger partial charge in [-0.2, -0.15) is 15.2 Å². The highest BCUT2D eigenvalue weighted by molar-refractivity contribution is 5.91. The second-order valence-corrected chi connectivity index (χ2v) is 12.2. The summed E-state index contributed by atoms with van der Waals surface area (Å²) in [6, 6.07) is 3.88. The summed E-state index contributed by atoms with van der Waals surface area (Å²) in [5.74, 6) is -2.43. The Balaban J connectivity index is 1.34. The molecule has 1 spiro atoms. The highest BCUT2D eigenvalue weighted by atomic mass is 19.1. The maximum Gasteiger partial charge on any atom is 0.318 e. The molecule has 1 amide bonds. The number of alkyl halides is 1. The fourth-order valence-corrected chi connectivity index (χ4v) is 7.40. The van der Waals surface area contributed by atoms with Crippen LogP contribution in [0.15, 0.2) is 24.5 Å². The van der Waals surface area contributed by atoms with Gasteiger partial charge in [0.2, 0.25) is 0 Å².